The molecular formula is C12H17N3O3. The Balaban J connectivity index is 1.95. The lowest BCUT2D eigenvalue weighted by Crippen LogP contribution is -2.45. The van der Waals surface area contributed by atoms with Gasteiger partial charge in [0, 0.05) is 38.9 Å². The number of nitrogens with zero attached hydrogens (tertiary/aromatic N) is 1. The number of hydrogen-bond acceptors (Lipinski definition) is 4. The zero-order valence-electron chi connectivity index (χ0n) is 10.3. The van der Waals surface area contributed by atoms with Crippen molar-refractivity contribution in [3.63, 3.8) is 0 Å². The summed E-state index contributed by atoms with van der Waals surface area (Å²) in [6.07, 6.45) is 1.46. The number of likely N-dealkylation sites (N-methyl/N-ethyl adjacent to an activating group) is 1. The van der Waals surface area contributed by atoms with Crippen molar-refractivity contribution in [2.24, 2.45) is 0 Å². The zero-order valence-corrected chi connectivity index (χ0v) is 10.3. The van der Waals surface area contributed by atoms with Crippen LogP contribution >= 0.6 is 0 Å². The third kappa shape index (κ3) is 3.18. The summed E-state index contributed by atoms with van der Waals surface area (Å²) in [6, 6.07) is 2.87. The van der Waals surface area contributed by atoms with Gasteiger partial charge in [-0.3, -0.25) is 9.59 Å². The number of carbonyl (C=O) groups excluding carboxylic acids is 1. The summed E-state index contributed by atoms with van der Waals surface area (Å²) in [5.41, 5.74) is 0.259. The number of aromatic nitrogens is 1. The SMILES string of the molecule is CN(CC1CNCCO1)C(=O)c1ccc(=O)[nH]c1. The van der Waals surface area contributed by atoms with E-state index in [-0.39, 0.29) is 17.6 Å². The van der Waals surface area contributed by atoms with E-state index in [1.807, 2.05) is 0 Å². The van der Waals surface area contributed by atoms with Gasteiger partial charge in [0.2, 0.25) is 5.56 Å². The van der Waals surface area contributed by atoms with Gasteiger partial charge in [0.05, 0.1) is 18.3 Å². The van der Waals surface area contributed by atoms with Gasteiger partial charge < -0.3 is 19.9 Å². The molecule has 1 aliphatic rings. The molecule has 98 valence electrons. The molecule has 0 radical (unpaired) electrons. The molecule has 0 aromatic carbocycles. The summed E-state index contributed by atoms with van der Waals surface area (Å²) in [7, 11) is 1.73. The maximum absolute atomic E-state index is 12.1. The molecule has 2 heterocycles. The molecule has 18 heavy (non-hydrogen) atoms. The Hall–Kier alpha value is -1.66. The first-order valence-electron chi connectivity index (χ1n) is 5.93. The lowest BCUT2D eigenvalue weighted by atomic mass is 10.2. The van der Waals surface area contributed by atoms with E-state index < -0.39 is 0 Å². The second-order valence-electron chi connectivity index (χ2n) is 4.32. The number of hydrogen-bond donors (Lipinski definition) is 2. The van der Waals surface area contributed by atoms with Gasteiger partial charge in [0.15, 0.2) is 0 Å². The van der Waals surface area contributed by atoms with E-state index >= 15 is 0 Å². The second kappa shape index (κ2) is 5.79. The van der Waals surface area contributed by atoms with E-state index in [9.17, 15) is 9.59 Å². The smallest absolute Gasteiger partial charge is 0.255 e. The molecule has 6 nitrogen and oxygen atoms in total. The number of nitrogens with one attached hydrogen (secondary N) is 2. The highest BCUT2D eigenvalue weighted by atomic mass is 16.5. The Kier molecular flexibility index (Phi) is 4.11. The van der Waals surface area contributed by atoms with Crippen LogP contribution in [-0.2, 0) is 4.74 Å². The minimum atomic E-state index is -0.214. The first kappa shape index (κ1) is 12.8. The van der Waals surface area contributed by atoms with Gasteiger partial charge in [-0.1, -0.05) is 0 Å². The van der Waals surface area contributed by atoms with Crippen molar-refractivity contribution < 1.29 is 9.53 Å². The predicted molar refractivity (Wildman–Crippen MR) is 66.6 cm³/mol. The molecule has 1 atom stereocenters. The van der Waals surface area contributed by atoms with Crippen molar-refractivity contribution >= 4 is 5.91 Å². The first-order valence-corrected chi connectivity index (χ1v) is 5.93. The second-order valence-corrected chi connectivity index (χ2v) is 4.32. The fraction of sp³-hybridized carbons (Fsp3) is 0.500. The third-order valence-electron chi connectivity index (χ3n) is 2.86. The van der Waals surface area contributed by atoms with Crippen LogP contribution in [0.2, 0.25) is 0 Å². The standard InChI is InChI=1S/C12H17N3O3/c1-15(8-10-7-13-4-5-18-10)12(17)9-2-3-11(16)14-6-9/h2-3,6,10,13H,4-5,7-8H2,1H3,(H,14,16). The van der Waals surface area contributed by atoms with Gasteiger partial charge in [-0.05, 0) is 6.07 Å². The van der Waals surface area contributed by atoms with Crippen molar-refractivity contribution in [1.82, 2.24) is 15.2 Å². The Morgan fingerprint density at radius 1 is 1.56 bits per heavy atom. The monoisotopic (exact) mass is 251 g/mol. The summed E-state index contributed by atoms with van der Waals surface area (Å²) in [4.78, 5) is 27.1. The lowest BCUT2D eigenvalue weighted by Gasteiger charge is -2.28. The van der Waals surface area contributed by atoms with E-state index in [4.69, 9.17) is 4.74 Å². The summed E-state index contributed by atoms with van der Waals surface area (Å²) < 4.78 is 5.54. The van der Waals surface area contributed by atoms with Crippen LogP contribution in [0, 0.1) is 0 Å². The molecule has 2 N–H and O–H groups in total. The highest BCUT2D eigenvalue weighted by molar-refractivity contribution is 5.93. The largest absolute Gasteiger partial charge is 0.374 e. The number of pyridine rings is 1. The number of H-pyrrole nitrogens is 1. The van der Waals surface area contributed by atoms with E-state index in [2.05, 4.69) is 10.3 Å². The molecule has 2 rings (SSSR count). The summed E-state index contributed by atoms with van der Waals surface area (Å²) in [6.45, 7) is 2.81. The molecular weight excluding hydrogens is 234 g/mol. The van der Waals surface area contributed by atoms with Crippen LogP contribution < -0.4 is 10.9 Å². The molecule has 1 fully saturated rings. The van der Waals surface area contributed by atoms with Gasteiger partial charge in [0.25, 0.3) is 5.91 Å². The number of ether oxygens (including phenoxy) is 1. The van der Waals surface area contributed by atoms with E-state index in [0.717, 1.165) is 13.1 Å². The highest BCUT2D eigenvalue weighted by Gasteiger charge is 2.19. The summed E-state index contributed by atoms with van der Waals surface area (Å²) >= 11 is 0. The van der Waals surface area contributed by atoms with Crippen molar-refractivity contribution in [3.8, 4) is 0 Å². The zero-order chi connectivity index (χ0) is 13.0. The molecule has 0 aliphatic carbocycles. The number of amides is 1. The molecule has 1 amide bonds. The average Bonchev–Trinajstić information content (AvgIpc) is 2.40. The Bertz CT molecular complexity index is 445. The van der Waals surface area contributed by atoms with Crippen LogP contribution in [0.4, 0.5) is 0 Å². The number of aromatic amines is 1. The van der Waals surface area contributed by atoms with E-state index in [1.54, 1.807) is 11.9 Å². The third-order valence-corrected chi connectivity index (χ3v) is 2.86. The molecule has 6 heteroatoms. The van der Waals surface area contributed by atoms with Crippen LogP contribution in [0.5, 0.6) is 0 Å². The van der Waals surface area contributed by atoms with Crippen LogP contribution in [0.25, 0.3) is 0 Å². The normalized spacial score (nSPS) is 19.5. The quantitative estimate of drug-likeness (QED) is 0.755. The topological polar surface area (TPSA) is 74.4 Å². The summed E-state index contributed by atoms with van der Waals surface area (Å²) in [5, 5.41) is 3.22. The maximum Gasteiger partial charge on any atom is 0.255 e. The van der Waals surface area contributed by atoms with Gasteiger partial charge in [-0.15, -0.1) is 0 Å². The van der Waals surface area contributed by atoms with E-state index in [0.29, 0.717) is 18.7 Å². The van der Waals surface area contributed by atoms with Gasteiger partial charge >= 0.3 is 0 Å². The van der Waals surface area contributed by atoms with Crippen LogP contribution in [-0.4, -0.2) is 55.2 Å². The van der Waals surface area contributed by atoms with Gasteiger partial charge in [0.1, 0.15) is 0 Å². The van der Waals surface area contributed by atoms with Gasteiger partial charge in [-0.2, -0.15) is 0 Å². The molecule has 1 saturated heterocycles. The fourth-order valence-corrected chi connectivity index (χ4v) is 1.89. The predicted octanol–water partition coefficient (Wildman–Crippen LogP) is -0.565. The lowest BCUT2D eigenvalue weighted by molar-refractivity contribution is 0.0104. The Morgan fingerprint density at radius 2 is 2.39 bits per heavy atom. The van der Waals surface area contributed by atoms with E-state index in [1.165, 1.54) is 18.3 Å². The first-order chi connectivity index (χ1) is 8.66. The number of morpholine rings is 1. The molecule has 1 unspecified atom stereocenters. The fourth-order valence-electron chi connectivity index (χ4n) is 1.89. The summed E-state index contributed by atoms with van der Waals surface area (Å²) in [5.74, 6) is -0.125. The Labute approximate surface area is 105 Å². The van der Waals surface area contributed by atoms with Crippen LogP contribution in [0.3, 0.4) is 0 Å². The molecule has 0 saturated carbocycles. The minimum Gasteiger partial charge on any atom is -0.374 e. The molecule has 1 aliphatic heterocycles. The molecule has 1 aromatic rings. The molecule has 1 aromatic heterocycles. The average molecular weight is 251 g/mol. The molecule has 0 bridgehead atoms. The van der Waals surface area contributed by atoms with Crippen LogP contribution in [0.15, 0.2) is 23.1 Å². The highest BCUT2D eigenvalue weighted by Crippen LogP contribution is 2.04. The van der Waals surface area contributed by atoms with Crippen LogP contribution in [0.1, 0.15) is 10.4 Å². The number of carbonyl (C=O) groups is 1. The van der Waals surface area contributed by atoms with Crippen molar-refractivity contribution in [3.05, 3.63) is 34.2 Å². The van der Waals surface area contributed by atoms with Crippen molar-refractivity contribution in [2.45, 2.75) is 6.10 Å². The molecule has 0 spiro atoms. The minimum absolute atomic E-state index is 0.0236. The van der Waals surface area contributed by atoms with Crippen molar-refractivity contribution in [2.75, 3.05) is 33.3 Å². The number of rotatable bonds is 3. The van der Waals surface area contributed by atoms with Crippen molar-refractivity contribution in [1.29, 1.82) is 0 Å². The van der Waals surface area contributed by atoms with Gasteiger partial charge in [-0.25, -0.2) is 0 Å². The maximum atomic E-state index is 12.1. The Morgan fingerprint density at radius 3 is 3.00 bits per heavy atom.